The highest BCUT2D eigenvalue weighted by atomic mass is 35.5. The number of hydrogen-bond donors (Lipinski definition) is 0. The molecule has 0 bridgehead atoms. The highest BCUT2D eigenvalue weighted by molar-refractivity contribution is 6.30. The summed E-state index contributed by atoms with van der Waals surface area (Å²) in [6, 6.07) is 8.01. The van der Waals surface area contributed by atoms with Crippen molar-refractivity contribution in [2.24, 2.45) is 0 Å². The van der Waals surface area contributed by atoms with Gasteiger partial charge in [0.2, 0.25) is 0 Å². The zero-order valence-electron chi connectivity index (χ0n) is 16.9. The molecular weight excluding hydrogens is 356 g/mol. The first-order chi connectivity index (χ1) is 13.1. The van der Waals surface area contributed by atoms with Gasteiger partial charge in [-0.25, -0.2) is 0 Å². The van der Waals surface area contributed by atoms with Crippen LogP contribution in [0.2, 0.25) is 5.02 Å². The van der Waals surface area contributed by atoms with Gasteiger partial charge in [-0.1, -0.05) is 37.1 Å². The highest BCUT2D eigenvalue weighted by Gasteiger charge is 2.41. The van der Waals surface area contributed by atoms with Crippen LogP contribution in [0.5, 0.6) is 0 Å². The first-order valence-corrected chi connectivity index (χ1v) is 11.3. The van der Waals surface area contributed by atoms with E-state index in [0.717, 1.165) is 49.5 Å². The normalized spacial score (nSPS) is 21.3. The fraction of sp³-hybridized carbons (Fsp3) is 0.696. The molecule has 3 nitrogen and oxygen atoms in total. The third-order valence-corrected chi connectivity index (χ3v) is 6.73. The predicted molar refractivity (Wildman–Crippen MR) is 114 cm³/mol. The molecule has 0 amide bonds. The largest absolute Gasteiger partial charge is 0.303 e. The standard InChI is InChI=1S/C23H35ClN2O/c1-2-8-22(27)23(20-9-6-10-21(24)19-20)11-17-26(18-12-23)16-7-15-25-13-4-3-5-14-25/h6,9-10,19H,2-5,7-8,11-18H2,1H3. The summed E-state index contributed by atoms with van der Waals surface area (Å²) in [6.07, 6.45) is 8.82. The lowest BCUT2D eigenvalue weighted by molar-refractivity contribution is -0.126. The lowest BCUT2D eigenvalue weighted by atomic mass is 9.68. The maximum absolute atomic E-state index is 13.1. The van der Waals surface area contributed by atoms with E-state index in [2.05, 4.69) is 22.8 Å². The Hall–Kier alpha value is -0.900. The van der Waals surface area contributed by atoms with Gasteiger partial charge in [0.15, 0.2) is 0 Å². The van der Waals surface area contributed by atoms with Gasteiger partial charge in [0.25, 0.3) is 0 Å². The highest BCUT2D eigenvalue weighted by Crippen LogP contribution is 2.38. The maximum atomic E-state index is 13.1. The van der Waals surface area contributed by atoms with E-state index in [0.29, 0.717) is 12.2 Å². The number of piperidine rings is 2. The van der Waals surface area contributed by atoms with Crippen LogP contribution in [-0.4, -0.2) is 54.9 Å². The lowest BCUT2D eigenvalue weighted by Crippen LogP contribution is -2.47. The average Bonchev–Trinajstić information content (AvgIpc) is 2.69. The van der Waals surface area contributed by atoms with Crippen molar-refractivity contribution in [1.29, 1.82) is 0 Å². The average molecular weight is 391 g/mol. The zero-order valence-corrected chi connectivity index (χ0v) is 17.6. The van der Waals surface area contributed by atoms with Gasteiger partial charge in [-0.15, -0.1) is 0 Å². The Morgan fingerprint density at radius 2 is 1.70 bits per heavy atom. The molecule has 2 fully saturated rings. The van der Waals surface area contributed by atoms with Crippen LogP contribution in [0.4, 0.5) is 0 Å². The van der Waals surface area contributed by atoms with Gasteiger partial charge in [-0.2, -0.15) is 0 Å². The third kappa shape index (κ3) is 5.34. The van der Waals surface area contributed by atoms with E-state index in [4.69, 9.17) is 11.6 Å². The smallest absolute Gasteiger partial charge is 0.143 e. The summed E-state index contributed by atoms with van der Waals surface area (Å²) in [6.45, 7) is 9.07. The number of halogens is 1. The summed E-state index contributed by atoms with van der Waals surface area (Å²) in [5.74, 6) is 0.403. The van der Waals surface area contributed by atoms with Gasteiger partial charge in [0, 0.05) is 11.4 Å². The number of benzene rings is 1. The molecule has 0 atom stereocenters. The molecule has 2 aliphatic rings. The first-order valence-electron chi connectivity index (χ1n) is 10.9. The molecule has 2 heterocycles. The summed E-state index contributed by atoms with van der Waals surface area (Å²) >= 11 is 6.25. The van der Waals surface area contributed by atoms with Gasteiger partial charge < -0.3 is 9.80 Å². The van der Waals surface area contributed by atoms with Crippen molar-refractivity contribution in [2.75, 3.05) is 39.3 Å². The van der Waals surface area contributed by atoms with Crippen LogP contribution in [0.3, 0.4) is 0 Å². The van der Waals surface area contributed by atoms with E-state index in [-0.39, 0.29) is 5.41 Å². The molecule has 0 unspecified atom stereocenters. The lowest BCUT2D eigenvalue weighted by Gasteiger charge is -2.41. The van der Waals surface area contributed by atoms with Crippen LogP contribution in [0, 0.1) is 0 Å². The Morgan fingerprint density at radius 3 is 2.33 bits per heavy atom. The van der Waals surface area contributed by atoms with Crippen molar-refractivity contribution in [2.45, 2.75) is 63.7 Å². The first kappa shape index (κ1) is 20.8. The van der Waals surface area contributed by atoms with Crippen molar-refractivity contribution in [1.82, 2.24) is 9.80 Å². The Kier molecular flexibility index (Phi) is 7.75. The minimum absolute atomic E-state index is 0.329. The number of carbonyl (C=O) groups excluding carboxylic acids is 1. The second-order valence-electron chi connectivity index (χ2n) is 8.36. The van der Waals surface area contributed by atoms with Crippen LogP contribution >= 0.6 is 11.6 Å². The van der Waals surface area contributed by atoms with Gasteiger partial charge in [-0.3, -0.25) is 4.79 Å². The minimum Gasteiger partial charge on any atom is -0.303 e. The van der Waals surface area contributed by atoms with E-state index >= 15 is 0 Å². The molecule has 1 aromatic rings. The van der Waals surface area contributed by atoms with Crippen LogP contribution in [0.25, 0.3) is 0 Å². The Balaban J connectivity index is 1.57. The van der Waals surface area contributed by atoms with Crippen molar-refractivity contribution < 1.29 is 4.79 Å². The fourth-order valence-electron chi connectivity index (χ4n) is 4.84. The molecule has 2 saturated heterocycles. The topological polar surface area (TPSA) is 23.6 Å². The molecular formula is C23H35ClN2O. The number of carbonyl (C=O) groups is 1. The number of nitrogens with zero attached hydrogens (tertiary/aromatic N) is 2. The van der Waals surface area contributed by atoms with E-state index in [1.54, 1.807) is 0 Å². The molecule has 1 aromatic carbocycles. The van der Waals surface area contributed by atoms with Crippen LogP contribution in [0.1, 0.15) is 63.9 Å². The minimum atomic E-state index is -0.329. The number of ketones is 1. The molecule has 150 valence electrons. The molecule has 4 heteroatoms. The molecule has 0 aromatic heterocycles. The molecule has 0 N–H and O–H groups in total. The molecule has 0 saturated carbocycles. The number of rotatable bonds is 8. The summed E-state index contributed by atoms with van der Waals surface area (Å²) in [5.41, 5.74) is 0.797. The summed E-state index contributed by atoms with van der Waals surface area (Å²) in [5, 5.41) is 0.736. The molecule has 0 aliphatic carbocycles. The molecule has 27 heavy (non-hydrogen) atoms. The predicted octanol–water partition coefficient (Wildman–Crippen LogP) is 4.92. The van der Waals surface area contributed by atoms with Crippen LogP contribution in [0.15, 0.2) is 24.3 Å². The van der Waals surface area contributed by atoms with Gasteiger partial charge >= 0.3 is 0 Å². The van der Waals surface area contributed by atoms with Crippen molar-refractivity contribution in [3.63, 3.8) is 0 Å². The van der Waals surface area contributed by atoms with Gasteiger partial charge in [0.05, 0.1) is 5.41 Å². The van der Waals surface area contributed by atoms with Crippen molar-refractivity contribution in [3.05, 3.63) is 34.9 Å². The van der Waals surface area contributed by atoms with Crippen molar-refractivity contribution in [3.8, 4) is 0 Å². The maximum Gasteiger partial charge on any atom is 0.143 e. The Labute approximate surface area is 170 Å². The van der Waals surface area contributed by atoms with Gasteiger partial charge in [-0.05, 0) is 95.5 Å². The second-order valence-corrected chi connectivity index (χ2v) is 8.80. The number of hydrogen-bond acceptors (Lipinski definition) is 3. The Morgan fingerprint density at radius 1 is 1.04 bits per heavy atom. The number of Topliss-reactive ketones (excluding diaryl/α,β-unsaturated/α-hetero) is 1. The van der Waals surface area contributed by atoms with E-state index in [9.17, 15) is 4.79 Å². The fourth-order valence-corrected chi connectivity index (χ4v) is 5.03. The summed E-state index contributed by atoms with van der Waals surface area (Å²) in [4.78, 5) is 18.3. The molecule has 0 spiro atoms. The molecule has 0 radical (unpaired) electrons. The zero-order chi connectivity index (χ0) is 19.1. The quantitative estimate of drug-likeness (QED) is 0.629. The summed E-state index contributed by atoms with van der Waals surface area (Å²) < 4.78 is 0. The van der Waals surface area contributed by atoms with E-state index < -0.39 is 0 Å². The second kappa shape index (κ2) is 10.0. The SMILES string of the molecule is CCCC(=O)C1(c2cccc(Cl)c2)CCN(CCCN2CCCCC2)CC1. The monoisotopic (exact) mass is 390 g/mol. The van der Waals surface area contributed by atoms with Crippen LogP contribution in [-0.2, 0) is 10.2 Å². The van der Waals surface area contributed by atoms with Gasteiger partial charge in [0.1, 0.15) is 5.78 Å². The van der Waals surface area contributed by atoms with E-state index in [1.165, 1.54) is 45.3 Å². The summed E-state index contributed by atoms with van der Waals surface area (Å²) in [7, 11) is 0. The third-order valence-electron chi connectivity index (χ3n) is 6.50. The van der Waals surface area contributed by atoms with Crippen molar-refractivity contribution >= 4 is 17.4 Å². The molecule has 2 aliphatic heterocycles. The molecule has 3 rings (SSSR count). The Bertz CT molecular complexity index is 604. The number of likely N-dealkylation sites (tertiary alicyclic amines) is 2. The van der Waals surface area contributed by atoms with E-state index in [1.807, 2.05) is 18.2 Å². The van der Waals surface area contributed by atoms with Crippen LogP contribution < -0.4 is 0 Å².